The Kier molecular flexibility index (Phi) is 5.58. The van der Waals surface area contributed by atoms with Crippen molar-refractivity contribution in [3.8, 4) is 17.2 Å². The van der Waals surface area contributed by atoms with Gasteiger partial charge in [0.25, 0.3) is 11.8 Å². The number of carbonyl (C=O) groups excluding carboxylic acids is 3. The number of amides is 4. The second-order valence-electron chi connectivity index (χ2n) is 6.43. The molecule has 29 heavy (non-hydrogen) atoms. The van der Waals surface area contributed by atoms with Crippen molar-refractivity contribution in [2.24, 2.45) is 0 Å². The maximum atomic E-state index is 12.9. The molecule has 4 amide bonds. The zero-order valence-corrected chi connectivity index (χ0v) is 16.2. The number of hydrogen-bond acceptors (Lipinski definition) is 6. The highest BCUT2D eigenvalue weighted by molar-refractivity contribution is 6.08. The third-order valence-corrected chi connectivity index (χ3v) is 4.50. The van der Waals surface area contributed by atoms with E-state index in [1.807, 2.05) is 0 Å². The molecule has 0 unspecified atom stereocenters. The number of hydrazine groups is 1. The quantitative estimate of drug-likeness (QED) is 0.685. The van der Waals surface area contributed by atoms with Crippen LogP contribution in [0.15, 0.2) is 48.5 Å². The molecule has 9 heteroatoms. The van der Waals surface area contributed by atoms with Gasteiger partial charge in [-0.25, -0.2) is 4.79 Å². The Bertz CT molecular complexity index is 930. The number of rotatable bonds is 7. The van der Waals surface area contributed by atoms with Gasteiger partial charge in [0, 0.05) is 0 Å². The van der Waals surface area contributed by atoms with E-state index in [1.165, 1.54) is 7.11 Å². The van der Waals surface area contributed by atoms with Crippen molar-refractivity contribution >= 4 is 17.8 Å². The Labute approximate surface area is 167 Å². The van der Waals surface area contributed by atoms with Crippen LogP contribution in [0.25, 0.3) is 0 Å². The summed E-state index contributed by atoms with van der Waals surface area (Å²) in [4.78, 5) is 37.3. The van der Waals surface area contributed by atoms with E-state index >= 15 is 0 Å². The van der Waals surface area contributed by atoms with Crippen LogP contribution in [0.1, 0.15) is 12.5 Å². The Morgan fingerprint density at radius 3 is 2.34 bits per heavy atom. The molecule has 1 atom stereocenters. The Morgan fingerprint density at radius 2 is 1.69 bits per heavy atom. The summed E-state index contributed by atoms with van der Waals surface area (Å²) in [6, 6.07) is 12.7. The molecule has 0 spiro atoms. The molecule has 0 bridgehead atoms. The van der Waals surface area contributed by atoms with E-state index in [9.17, 15) is 14.4 Å². The van der Waals surface area contributed by atoms with Crippen molar-refractivity contribution in [1.82, 2.24) is 15.8 Å². The maximum absolute atomic E-state index is 12.9. The molecule has 9 nitrogen and oxygen atoms in total. The standard InChI is InChI=1S/C20H21N3O6/c1-20(13-5-4-6-16(11-13)28-3)18(25)23(19(26)21-20)22-17(24)12-29-15-9-7-14(27-2)8-10-15/h4-11H,12H2,1-3H3,(H,21,26)(H,22,24)/t20-/m0/s1. The molecule has 2 aromatic rings. The van der Waals surface area contributed by atoms with Crippen LogP contribution in [0.5, 0.6) is 17.2 Å². The van der Waals surface area contributed by atoms with Gasteiger partial charge in [-0.3, -0.25) is 15.0 Å². The van der Waals surface area contributed by atoms with Crippen LogP contribution in [0.3, 0.4) is 0 Å². The van der Waals surface area contributed by atoms with Gasteiger partial charge in [0.1, 0.15) is 22.8 Å². The van der Waals surface area contributed by atoms with Gasteiger partial charge in [0.15, 0.2) is 6.61 Å². The maximum Gasteiger partial charge on any atom is 0.344 e. The van der Waals surface area contributed by atoms with Crippen molar-refractivity contribution < 1.29 is 28.6 Å². The number of nitrogens with one attached hydrogen (secondary N) is 2. The second-order valence-corrected chi connectivity index (χ2v) is 6.43. The van der Waals surface area contributed by atoms with E-state index in [4.69, 9.17) is 14.2 Å². The minimum absolute atomic E-state index is 0.376. The van der Waals surface area contributed by atoms with Gasteiger partial charge in [-0.2, -0.15) is 5.01 Å². The SMILES string of the molecule is COc1ccc(OCC(=O)NN2C(=O)N[C@@](C)(c3cccc(OC)c3)C2=O)cc1. The lowest BCUT2D eigenvalue weighted by Gasteiger charge is -2.22. The third kappa shape index (κ3) is 4.08. The van der Waals surface area contributed by atoms with Crippen LogP contribution in [0, 0.1) is 0 Å². The summed E-state index contributed by atoms with van der Waals surface area (Å²) in [7, 11) is 3.05. The molecular formula is C20H21N3O6. The van der Waals surface area contributed by atoms with Crippen LogP contribution in [-0.4, -0.2) is 43.7 Å². The lowest BCUT2D eigenvalue weighted by molar-refractivity contribution is -0.139. The first-order valence-electron chi connectivity index (χ1n) is 8.75. The number of urea groups is 1. The predicted molar refractivity (Wildman–Crippen MR) is 102 cm³/mol. The van der Waals surface area contributed by atoms with Crippen LogP contribution >= 0.6 is 0 Å². The van der Waals surface area contributed by atoms with Crippen molar-refractivity contribution in [2.45, 2.75) is 12.5 Å². The highest BCUT2D eigenvalue weighted by Crippen LogP contribution is 2.30. The largest absolute Gasteiger partial charge is 0.497 e. The summed E-state index contributed by atoms with van der Waals surface area (Å²) < 4.78 is 15.6. The Hall–Kier alpha value is -3.75. The number of ether oxygens (including phenoxy) is 3. The van der Waals surface area contributed by atoms with E-state index in [2.05, 4.69) is 10.7 Å². The number of nitrogens with zero attached hydrogens (tertiary/aromatic N) is 1. The molecule has 1 fully saturated rings. The number of imide groups is 1. The van der Waals surface area contributed by atoms with Crippen molar-refractivity contribution in [3.05, 3.63) is 54.1 Å². The summed E-state index contributed by atoms with van der Waals surface area (Å²) in [5.41, 5.74) is 1.47. The van der Waals surface area contributed by atoms with Crippen LogP contribution in [-0.2, 0) is 15.1 Å². The number of methoxy groups -OCH3 is 2. The van der Waals surface area contributed by atoms with E-state index in [-0.39, 0.29) is 6.61 Å². The first-order valence-corrected chi connectivity index (χ1v) is 8.75. The van der Waals surface area contributed by atoms with Gasteiger partial charge in [0.05, 0.1) is 14.2 Å². The molecule has 3 rings (SSSR count). The molecule has 0 radical (unpaired) electrons. The topological polar surface area (TPSA) is 106 Å². The normalized spacial score (nSPS) is 18.2. The fourth-order valence-electron chi connectivity index (χ4n) is 2.85. The van der Waals surface area contributed by atoms with Crippen LogP contribution in [0.4, 0.5) is 4.79 Å². The fourth-order valence-corrected chi connectivity index (χ4v) is 2.85. The molecule has 1 saturated heterocycles. The van der Waals surface area contributed by atoms with Crippen LogP contribution in [0.2, 0.25) is 0 Å². The monoisotopic (exact) mass is 399 g/mol. The molecule has 0 saturated carbocycles. The average Bonchev–Trinajstić information content (AvgIpc) is 2.96. The molecular weight excluding hydrogens is 378 g/mol. The van der Waals surface area contributed by atoms with Crippen LogP contribution < -0.4 is 25.0 Å². The fraction of sp³-hybridized carbons (Fsp3) is 0.250. The van der Waals surface area contributed by atoms with Gasteiger partial charge >= 0.3 is 6.03 Å². The zero-order chi connectivity index (χ0) is 21.0. The van der Waals surface area contributed by atoms with Crippen molar-refractivity contribution in [1.29, 1.82) is 0 Å². The zero-order valence-electron chi connectivity index (χ0n) is 16.2. The highest BCUT2D eigenvalue weighted by atomic mass is 16.5. The molecule has 1 heterocycles. The number of hydrogen-bond donors (Lipinski definition) is 2. The first-order chi connectivity index (χ1) is 13.9. The summed E-state index contributed by atoms with van der Waals surface area (Å²) in [5, 5.41) is 3.25. The lowest BCUT2D eigenvalue weighted by atomic mass is 9.92. The molecule has 2 N–H and O–H groups in total. The third-order valence-electron chi connectivity index (χ3n) is 4.50. The summed E-state index contributed by atoms with van der Waals surface area (Å²) >= 11 is 0. The van der Waals surface area contributed by atoms with Crippen molar-refractivity contribution in [2.75, 3.05) is 20.8 Å². The van der Waals surface area contributed by atoms with Gasteiger partial charge in [-0.15, -0.1) is 0 Å². The summed E-state index contributed by atoms with van der Waals surface area (Å²) in [5.74, 6) is 0.367. The first kappa shape index (κ1) is 20.0. The molecule has 1 aliphatic heterocycles. The predicted octanol–water partition coefficient (Wildman–Crippen LogP) is 1.58. The van der Waals surface area contributed by atoms with Gasteiger partial charge in [0.2, 0.25) is 0 Å². The molecule has 0 aliphatic carbocycles. The molecule has 1 aliphatic rings. The lowest BCUT2D eigenvalue weighted by Crippen LogP contribution is -2.49. The second kappa shape index (κ2) is 8.09. The summed E-state index contributed by atoms with van der Waals surface area (Å²) in [6.07, 6.45) is 0. The van der Waals surface area contributed by atoms with E-state index < -0.39 is 23.4 Å². The molecule has 2 aromatic carbocycles. The Morgan fingerprint density at radius 1 is 1.03 bits per heavy atom. The minimum Gasteiger partial charge on any atom is -0.497 e. The average molecular weight is 399 g/mol. The smallest absolute Gasteiger partial charge is 0.344 e. The molecule has 152 valence electrons. The van der Waals surface area contributed by atoms with Gasteiger partial charge in [-0.05, 0) is 48.9 Å². The van der Waals surface area contributed by atoms with E-state index in [0.717, 1.165) is 0 Å². The number of carbonyl (C=O) groups is 3. The number of benzene rings is 2. The minimum atomic E-state index is -1.34. The van der Waals surface area contributed by atoms with Crippen molar-refractivity contribution in [3.63, 3.8) is 0 Å². The van der Waals surface area contributed by atoms with Gasteiger partial charge in [-0.1, -0.05) is 12.1 Å². The molecule has 0 aromatic heterocycles. The summed E-state index contributed by atoms with van der Waals surface area (Å²) in [6.45, 7) is 1.18. The Balaban J connectivity index is 1.65. The van der Waals surface area contributed by atoms with Gasteiger partial charge < -0.3 is 19.5 Å². The highest BCUT2D eigenvalue weighted by Gasteiger charge is 2.50. The van der Waals surface area contributed by atoms with E-state index in [1.54, 1.807) is 62.6 Å². The van der Waals surface area contributed by atoms with E-state index in [0.29, 0.717) is 27.8 Å².